The Hall–Kier alpha value is -0.330. The van der Waals surface area contributed by atoms with Crippen LogP contribution < -0.4 is 0 Å². The van der Waals surface area contributed by atoms with Gasteiger partial charge < -0.3 is 5.11 Å². The Morgan fingerprint density at radius 3 is 2.20 bits per heavy atom. The zero-order valence-electron chi connectivity index (χ0n) is 4.94. The molecule has 0 aromatic carbocycles. The Balaban J connectivity index is 4.06. The van der Waals surface area contributed by atoms with Gasteiger partial charge in [-0.25, -0.2) is 8.98 Å². The number of hydrogen-bond acceptors (Lipinski definition) is 4. The molecular weight excluding hydrogens is 184 g/mol. The van der Waals surface area contributed by atoms with Gasteiger partial charge in [-0.15, -0.1) is 0 Å². The fraction of sp³-hybridized carbons (Fsp3) is 0.667. The number of carboxylic acids is 1. The van der Waals surface area contributed by atoms with E-state index in [1.807, 2.05) is 0 Å². The predicted octanol–water partition coefficient (Wildman–Crippen LogP) is -0.0403. The second-order valence-corrected chi connectivity index (χ2v) is 3.58. The van der Waals surface area contributed by atoms with Crippen LogP contribution in [0.5, 0.6) is 0 Å². The normalized spacial score (nSPS) is 14.6. The van der Waals surface area contributed by atoms with Crippen LogP contribution in [0.1, 0.15) is 6.92 Å². The molecule has 0 aliphatic carbocycles. The molecule has 0 rings (SSSR count). The summed E-state index contributed by atoms with van der Waals surface area (Å²) in [6, 6.07) is 0. The first kappa shape index (κ1) is 9.67. The average Bonchev–Trinajstić information content (AvgIpc) is 1.60. The summed E-state index contributed by atoms with van der Waals surface area (Å²) >= 11 is 0. The molecule has 0 saturated carbocycles. The number of halogens is 1. The topological polar surface area (TPSA) is 80.7 Å². The molecule has 1 unspecified atom stereocenters. The van der Waals surface area contributed by atoms with Crippen LogP contribution in [0.25, 0.3) is 0 Å². The quantitative estimate of drug-likeness (QED) is 0.629. The van der Waals surface area contributed by atoms with Gasteiger partial charge in [-0.3, -0.25) is 0 Å². The van der Waals surface area contributed by atoms with Gasteiger partial charge in [-0.05, 0) is 6.92 Å². The third-order valence-corrected chi connectivity index (χ3v) is 1.34. The molecule has 0 saturated heterocycles. The molecule has 5 nitrogen and oxygen atoms in total. The smallest absolute Gasteiger partial charge is 0.356 e. The van der Waals surface area contributed by atoms with E-state index in [2.05, 4.69) is 14.9 Å². The number of carbonyl (C=O) groups is 1. The lowest BCUT2D eigenvalue weighted by molar-refractivity contribution is -0.143. The Morgan fingerprint density at radius 2 is 2.10 bits per heavy atom. The zero-order chi connectivity index (χ0) is 8.36. The summed E-state index contributed by atoms with van der Waals surface area (Å²) in [7, 11) is 0.382. The fourth-order valence-electron chi connectivity index (χ4n) is 0.214. The Kier molecular flexibility index (Phi) is 3.07. The first-order chi connectivity index (χ1) is 4.33. The molecular formula is C3H5ClO5S. The highest BCUT2D eigenvalue weighted by atomic mass is 35.7. The predicted molar refractivity (Wildman–Crippen MR) is 33.0 cm³/mol. The van der Waals surface area contributed by atoms with Gasteiger partial charge in [-0.1, -0.05) is 0 Å². The van der Waals surface area contributed by atoms with Crippen molar-refractivity contribution in [2.75, 3.05) is 0 Å². The van der Waals surface area contributed by atoms with Gasteiger partial charge in [0.25, 0.3) is 0 Å². The van der Waals surface area contributed by atoms with Gasteiger partial charge >= 0.3 is 15.3 Å². The molecule has 0 aromatic heterocycles. The van der Waals surface area contributed by atoms with E-state index in [0.29, 0.717) is 0 Å². The Morgan fingerprint density at radius 1 is 1.70 bits per heavy atom. The van der Waals surface area contributed by atoms with Gasteiger partial charge in [0, 0.05) is 10.7 Å². The van der Waals surface area contributed by atoms with Crippen molar-refractivity contribution in [1.29, 1.82) is 0 Å². The molecule has 0 bridgehead atoms. The standard InChI is InChI=1S/C3H5ClO5S/c1-2(3(5)6)9-10(4,7)8/h2H,1H3,(H,5,6). The van der Waals surface area contributed by atoms with Crippen LogP contribution >= 0.6 is 10.7 Å². The number of hydrogen-bond donors (Lipinski definition) is 1. The van der Waals surface area contributed by atoms with Gasteiger partial charge in [0.15, 0.2) is 6.10 Å². The Labute approximate surface area is 62.2 Å². The van der Waals surface area contributed by atoms with E-state index < -0.39 is 21.4 Å². The molecule has 0 heterocycles. The third kappa shape index (κ3) is 4.54. The van der Waals surface area contributed by atoms with Crippen LogP contribution in [0.3, 0.4) is 0 Å². The molecule has 0 spiro atoms. The summed E-state index contributed by atoms with van der Waals surface area (Å²) < 4.78 is 23.9. The summed E-state index contributed by atoms with van der Waals surface area (Å²) in [5.41, 5.74) is 0. The summed E-state index contributed by atoms with van der Waals surface area (Å²) in [5, 5.41) is 8.10. The van der Waals surface area contributed by atoms with Crippen LogP contribution in [0, 0.1) is 0 Å². The molecule has 0 fully saturated rings. The van der Waals surface area contributed by atoms with Crippen molar-refractivity contribution < 1.29 is 22.5 Å². The molecule has 0 amide bonds. The molecule has 0 radical (unpaired) electrons. The monoisotopic (exact) mass is 188 g/mol. The van der Waals surface area contributed by atoms with Crippen molar-refractivity contribution >= 4 is 26.0 Å². The SMILES string of the molecule is CC(OS(=O)(=O)Cl)C(=O)O. The van der Waals surface area contributed by atoms with Crippen molar-refractivity contribution in [3.05, 3.63) is 0 Å². The van der Waals surface area contributed by atoms with Crippen LogP contribution in [0.2, 0.25) is 0 Å². The van der Waals surface area contributed by atoms with E-state index in [4.69, 9.17) is 5.11 Å². The van der Waals surface area contributed by atoms with Crippen LogP contribution in [0.4, 0.5) is 0 Å². The molecule has 7 heteroatoms. The lowest BCUT2D eigenvalue weighted by atomic mass is 10.4. The number of rotatable bonds is 3. The number of carboxylic acid groups (broad SMARTS) is 1. The van der Waals surface area contributed by atoms with Crippen LogP contribution in [-0.2, 0) is 18.3 Å². The number of aliphatic carboxylic acids is 1. The zero-order valence-corrected chi connectivity index (χ0v) is 6.52. The lowest BCUT2D eigenvalue weighted by Gasteiger charge is -2.01. The highest BCUT2D eigenvalue weighted by molar-refractivity contribution is 8.10. The summed E-state index contributed by atoms with van der Waals surface area (Å²) in [4.78, 5) is 9.93. The van der Waals surface area contributed by atoms with Crippen LogP contribution in [-0.4, -0.2) is 25.6 Å². The third-order valence-electron chi connectivity index (χ3n) is 0.607. The van der Waals surface area contributed by atoms with Crippen molar-refractivity contribution in [3.8, 4) is 0 Å². The molecule has 0 aliphatic heterocycles. The lowest BCUT2D eigenvalue weighted by Crippen LogP contribution is -2.21. The minimum absolute atomic E-state index is 1.06. The second-order valence-electron chi connectivity index (χ2n) is 1.47. The van der Waals surface area contributed by atoms with E-state index in [1.165, 1.54) is 0 Å². The summed E-state index contributed by atoms with van der Waals surface area (Å²) in [6.07, 6.45) is -1.44. The van der Waals surface area contributed by atoms with Gasteiger partial charge in [0.2, 0.25) is 0 Å². The highest BCUT2D eigenvalue weighted by Crippen LogP contribution is 2.03. The first-order valence-corrected chi connectivity index (χ1v) is 4.42. The van der Waals surface area contributed by atoms with Crippen molar-refractivity contribution in [2.24, 2.45) is 0 Å². The van der Waals surface area contributed by atoms with Gasteiger partial charge in [0.1, 0.15) is 0 Å². The molecule has 0 aliphatic rings. The van der Waals surface area contributed by atoms with E-state index in [-0.39, 0.29) is 0 Å². The average molecular weight is 189 g/mol. The van der Waals surface area contributed by atoms with E-state index >= 15 is 0 Å². The highest BCUT2D eigenvalue weighted by Gasteiger charge is 2.18. The maximum atomic E-state index is 10.0. The van der Waals surface area contributed by atoms with Crippen molar-refractivity contribution in [3.63, 3.8) is 0 Å². The molecule has 10 heavy (non-hydrogen) atoms. The molecule has 60 valence electrons. The molecule has 0 aromatic rings. The fourth-order valence-corrected chi connectivity index (χ4v) is 0.968. The minimum atomic E-state index is -4.18. The van der Waals surface area contributed by atoms with Crippen LogP contribution in [0.15, 0.2) is 0 Å². The van der Waals surface area contributed by atoms with E-state index in [0.717, 1.165) is 6.92 Å². The molecule has 1 N–H and O–H groups in total. The minimum Gasteiger partial charge on any atom is -0.479 e. The van der Waals surface area contributed by atoms with Gasteiger partial charge in [0.05, 0.1) is 0 Å². The summed E-state index contributed by atoms with van der Waals surface area (Å²) in [5.74, 6) is -1.38. The summed E-state index contributed by atoms with van der Waals surface area (Å²) in [6.45, 7) is 1.06. The maximum Gasteiger partial charge on any atom is 0.356 e. The van der Waals surface area contributed by atoms with Crippen molar-refractivity contribution in [2.45, 2.75) is 13.0 Å². The first-order valence-electron chi connectivity index (χ1n) is 2.18. The maximum absolute atomic E-state index is 10.0. The van der Waals surface area contributed by atoms with Gasteiger partial charge in [-0.2, -0.15) is 8.42 Å². The van der Waals surface area contributed by atoms with Crippen molar-refractivity contribution in [1.82, 2.24) is 0 Å². The largest absolute Gasteiger partial charge is 0.479 e. The molecule has 1 atom stereocenters. The Bertz CT molecular complexity index is 219. The van der Waals surface area contributed by atoms with E-state index in [1.54, 1.807) is 0 Å². The van der Waals surface area contributed by atoms with E-state index in [9.17, 15) is 13.2 Å². The second kappa shape index (κ2) is 3.18.